The van der Waals surface area contributed by atoms with E-state index in [9.17, 15) is 0 Å². The van der Waals surface area contributed by atoms with E-state index >= 15 is 0 Å². The van der Waals surface area contributed by atoms with E-state index in [0.717, 1.165) is 9.52 Å². The van der Waals surface area contributed by atoms with Crippen molar-refractivity contribution in [3.05, 3.63) is 179 Å². The maximum absolute atomic E-state index is 4.93. The van der Waals surface area contributed by atoms with E-state index in [1.165, 1.54) is 98.7 Å². The molecule has 0 atom stereocenters. The van der Waals surface area contributed by atoms with Gasteiger partial charge in [-0.15, -0.1) is 74.6 Å². The molecule has 9 rings (SSSR count). The van der Waals surface area contributed by atoms with Gasteiger partial charge in [0.1, 0.15) is 0 Å². The minimum absolute atomic E-state index is 0.182. The average molecular weight is 948 g/mol. The second-order valence-electron chi connectivity index (χ2n) is 19.2. The summed E-state index contributed by atoms with van der Waals surface area (Å²) in [5, 5.41) is 8.32. The van der Waals surface area contributed by atoms with Crippen LogP contribution < -0.4 is 10.4 Å². The molecule has 0 aromatic heterocycles. The first-order valence-electron chi connectivity index (χ1n) is 21.9. The van der Waals surface area contributed by atoms with Gasteiger partial charge in [0.05, 0.1) is 9.52 Å². The molecule has 318 valence electrons. The van der Waals surface area contributed by atoms with Crippen LogP contribution in [0.25, 0.3) is 54.9 Å². The predicted octanol–water partition coefficient (Wildman–Crippen LogP) is 16.4. The predicted molar refractivity (Wildman–Crippen MR) is 272 cm³/mol. The molecule has 1 heterocycles. The first-order valence-corrected chi connectivity index (χ1v) is 29.2. The molecule has 1 aliphatic heterocycles. The van der Waals surface area contributed by atoms with Gasteiger partial charge >= 0.3 is 37.9 Å². The van der Waals surface area contributed by atoms with Crippen LogP contribution in [0.2, 0.25) is 0 Å². The Morgan fingerprint density at radius 2 is 0.935 bits per heavy atom. The summed E-state index contributed by atoms with van der Waals surface area (Å²) < 4.78 is 0. The summed E-state index contributed by atoms with van der Waals surface area (Å²) in [6.07, 6.45) is 0. The Hall–Kier alpha value is -3.78. The van der Waals surface area contributed by atoms with Crippen molar-refractivity contribution in [2.75, 3.05) is 0 Å². The Bertz CT molecular complexity index is 2580. The molecule has 0 fully saturated rings. The van der Waals surface area contributed by atoms with Gasteiger partial charge in [0.25, 0.3) is 0 Å². The van der Waals surface area contributed by atoms with Crippen LogP contribution in [0.5, 0.6) is 0 Å². The third kappa shape index (κ3) is 10.8. The molecule has 4 heteroatoms. The van der Waals surface area contributed by atoms with Gasteiger partial charge in [-0.3, -0.25) is 0 Å². The number of hydrogen-bond acceptors (Lipinski definition) is 0. The first kappa shape index (κ1) is 47.7. The largest absolute Gasteiger partial charge is 0.184 e. The maximum atomic E-state index is 4.93. The molecule has 2 radical (unpaired) electrons. The van der Waals surface area contributed by atoms with Crippen LogP contribution in [0.3, 0.4) is 0 Å². The fourth-order valence-electron chi connectivity index (χ4n) is 8.55. The van der Waals surface area contributed by atoms with Crippen LogP contribution in [0.15, 0.2) is 140 Å². The summed E-state index contributed by atoms with van der Waals surface area (Å²) in [5.41, 5.74) is 17.1. The number of aryl methyl sites for hydroxylation is 2. The topological polar surface area (TPSA) is 0 Å². The van der Waals surface area contributed by atoms with Crippen molar-refractivity contribution in [1.29, 1.82) is 0 Å². The fraction of sp³-hybridized carbons (Fsp3) is 0.276. The van der Waals surface area contributed by atoms with Crippen LogP contribution in [-0.2, 0) is 31.7 Å². The Labute approximate surface area is 394 Å². The van der Waals surface area contributed by atoms with Crippen molar-refractivity contribution in [2.24, 2.45) is 0 Å². The van der Waals surface area contributed by atoms with E-state index < -0.39 is 20.8 Å². The van der Waals surface area contributed by atoms with Crippen LogP contribution in [-0.4, -0.2) is 9.52 Å². The van der Waals surface area contributed by atoms with Gasteiger partial charge in [-0.25, -0.2) is 0 Å². The van der Waals surface area contributed by atoms with Crippen molar-refractivity contribution in [1.82, 2.24) is 0 Å². The Kier molecular flexibility index (Phi) is 15.7. The zero-order chi connectivity index (χ0) is 44.9. The zero-order valence-electron chi connectivity index (χ0n) is 38.7. The first-order chi connectivity index (χ1) is 29.4. The molecule has 62 heavy (non-hydrogen) atoms. The molecule has 0 aliphatic carbocycles. The molecule has 0 saturated carbocycles. The molecular formula is C58H61Cl2SiZr-3. The van der Waals surface area contributed by atoms with Crippen LogP contribution >= 0.6 is 17.0 Å². The molecule has 0 amide bonds. The quantitative estimate of drug-likeness (QED) is 0.122. The van der Waals surface area contributed by atoms with Gasteiger partial charge in [0, 0.05) is 0 Å². The molecule has 0 unspecified atom stereocenters. The normalized spacial score (nSPS) is 11.9. The molecule has 0 N–H and O–H groups in total. The summed E-state index contributed by atoms with van der Waals surface area (Å²) in [7, 11) is 10.7. The van der Waals surface area contributed by atoms with E-state index in [0.29, 0.717) is 11.8 Å². The molecule has 0 spiro atoms. The number of fused-ring (bicyclic) bond motifs is 5. The molecule has 0 nitrogen and oxygen atoms in total. The number of halogens is 2. The Morgan fingerprint density at radius 3 is 1.37 bits per heavy atom. The van der Waals surface area contributed by atoms with Crippen molar-refractivity contribution in [2.45, 2.75) is 106 Å². The molecule has 1 aliphatic rings. The third-order valence-electron chi connectivity index (χ3n) is 12.0. The van der Waals surface area contributed by atoms with Gasteiger partial charge in [-0.05, 0) is 58.8 Å². The SMILES string of the molecule is Cc1ccc2[cH-]c(C(C)(C)C)cc2c1-c1ccccc1C(C)C.Cc1ccc2[cH-]c(C(C)(C)C)cc2c1-c1ccccc1C(C)C.[Cl][Zr][Cl].[c-]1cccc2c1[Si]c1ccccc1-2. The smallest absolute Gasteiger partial charge is 0.0920 e. The number of hydrogen-bond donors (Lipinski definition) is 0. The fourth-order valence-corrected chi connectivity index (χ4v) is 9.85. The van der Waals surface area contributed by atoms with Crippen molar-refractivity contribution in [3.8, 4) is 33.4 Å². The molecule has 0 saturated heterocycles. The standard InChI is InChI=1S/2C23H27.C12H7Si.2ClH.Zr/c2*1-15(2)19-9-7-8-10-20(19)22-16(3)11-12-17-13-18(14-21(17)22)23(4,5)6;1-3-7-11-9(5-1)10-6-2-4-8-12(10)13-11;;;/h2*7-15H,1-6H3;1-7H;2*1H;/q3*-1;;;+2/p-2. The summed E-state index contributed by atoms with van der Waals surface area (Å²) >= 11 is -0.826. The number of rotatable bonds is 4. The summed E-state index contributed by atoms with van der Waals surface area (Å²) in [6, 6.07) is 54.5. The second-order valence-corrected chi connectivity index (χ2v) is 24.2. The minimum atomic E-state index is -0.826. The Morgan fingerprint density at radius 1 is 0.532 bits per heavy atom. The maximum Gasteiger partial charge on any atom is 0.0920 e. The molecular weight excluding hydrogens is 887 g/mol. The summed E-state index contributed by atoms with van der Waals surface area (Å²) in [4.78, 5) is 0. The van der Waals surface area contributed by atoms with Crippen LogP contribution in [0.4, 0.5) is 0 Å². The molecule has 0 bridgehead atoms. The van der Waals surface area contributed by atoms with Crippen molar-refractivity contribution >= 4 is 58.5 Å². The number of benzene rings is 6. The van der Waals surface area contributed by atoms with Crippen molar-refractivity contribution in [3.63, 3.8) is 0 Å². The molecule has 8 aromatic carbocycles. The van der Waals surface area contributed by atoms with Gasteiger partial charge < -0.3 is 0 Å². The van der Waals surface area contributed by atoms with E-state index in [1.807, 2.05) is 6.07 Å². The van der Waals surface area contributed by atoms with E-state index in [2.05, 4.69) is 223 Å². The molecule has 8 aromatic rings. The van der Waals surface area contributed by atoms with Crippen molar-refractivity contribution < 1.29 is 20.8 Å². The third-order valence-corrected chi connectivity index (χ3v) is 13.3. The monoisotopic (exact) mass is 945 g/mol. The minimum Gasteiger partial charge on any atom is -0.184 e. The van der Waals surface area contributed by atoms with E-state index in [1.54, 1.807) is 0 Å². The average Bonchev–Trinajstić information content (AvgIpc) is 3.98. The second kappa shape index (κ2) is 20.4. The van der Waals surface area contributed by atoms with Gasteiger partial charge in [-0.2, -0.15) is 41.6 Å². The zero-order valence-corrected chi connectivity index (χ0v) is 43.7. The van der Waals surface area contributed by atoms with Gasteiger partial charge in [0.15, 0.2) is 0 Å². The summed E-state index contributed by atoms with van der Waals surface area (Å²) in [6.45, 7) is 27.3. The van der Waals surface area contributed by atoms with E-state index in [4.69, 9.17) is 17.0 Å². The van der Waals surface area contributed by atoms with E-state index in [-0.39, 0.29) is 10.8 Å². The van der Waals surface area contributed by atoms with Crippen LogP contribution in [0.1, 0.15) is 114 Å². The van der Waals surface area contributed by atoms with Gasteiger partial charge in [0.2, 0.25) is 0 Å². The van der Waals surface area contributed by atoms with Crippen LogP contribution in [0, 0.1) is 19.9 Å². The van der Waals surface area contributed by atoms with Gasteiger partial charge in [-0.1, -0.05) is 175 Å². The summed E-state index contributed by atoms with van der Waals surface area (Å²) in [5.74, 6) is 1.05. The Balaban J connectivity index is 0.000000155.